The van der Waals surface area contributed by atoms with E-state index >= 15 is 0 Å². The van der Waals surface area contributed by atoms with Gasteiger partial charge in [0.05, 0.1) is 0 Å². The van der Waals surface area contributed by atoms with Gasteiger partial charge in [-0.2, -0.15) is 4.98 Å². The van der Waals surface area contributed by atoms with E-state index in [1.807, 2.05) is 0 Å². The van der Waals surface area contributed by atoms with Gasteiger partial charge < -0.3 is 9.84 Å². The van der Waals surface area contributed by atoms with E-state index in [1.54, 1.807) is 0 Å². The minimum Gasteiger partial charge on any atom is -0.340 e. The highest BCUT2D eigenvalue weighted by atomic mass is 16.5. The van der Waals surface area contributed by atoms with E-state index in [-0.39, 0.29) is 0 Å². The number of fused-ring (bicyclic) bond motifs is 2. The molecule has 1 N–H and O–H groups in total. The lowest BCUT2D eigenvalue weighted by Gasteiger charge is -2.39. The van der Waals surface area contributed by atoms with E-state index in [1.165, 1.54) is 32.0 Å². The Labute approximate surface area is 108 Å². The summed E-state index contributed by atoms with van der Waals surface area (Å²) in [6.07, 6.45) is 7.69. The summed E-state index contributed by atoms with van der Waals surface area (Å²) >= 11 is 0. The third kappa shape index (κ3) is 2.42. The summed E-state index contributed by atoms with van der Waals surface area (Å²) in [7, 11) is 0. The van der Waals surface area contributed by atoms with Gasteiger partial charge in [-0.05, 0) is 32.2 Å². The fourth-order valence-electron chi connectivity index (χ4n) is 3.63. The van der Waals surface area contributed by atoms with E-state index in [9.17, 15) is 0 Å². The lowest BCUT2D eigenvalue weighted by atomic mass is 9.97. The second kappa shape index (κ2) is 5.36. The standard InChI is InChI=1S/C13H22N4O/c1-2-14-10-7-11-3-4-12(8-10)17(11)6-5-13-15-9-16-18-13/h9-12,14H,2-8H2,1H3. The summed E-state index contributed by atoms with van der Waals surface area (Å²) in [4.78, 5) is 6.76. The average Bonchev–Trinajstić information content (AvgIpc) is 2.94. The molecule has 2 aliphatic rings. The molecule has 2 atom stereocenters. The Balaban J connectivity index is 1.55. The fraction of sp³-hybridized carbons (Fsp3) is 0.846. The van der Waals surface area contributed by atoms with Crippen molar-refractivity contribution in [2.75, 3.05) is 13.1 Å². The second-order valence-corrected chi connectivity index (χ2v) is 5.43. The molecule has 2 aliphatic heterocycles. The van der Waals surface area contributed by atoms with Gasteiger partial charge in [0.1, 0.15) is 0 Å². The van der Waals surface area contributed by atoms with E-state index in [0.29, 0.717) is 0 Å². The molecule has 3 heterocycles. The smallest absolute Gasteiger partial charge is 0.227 e. The van der Waals surface area contributed by atoms with Gasteiger partial charge in [-0.15, -0.1) is 0 Å². The Hall–Kier alpha value is -0.940. The number of aromatic nitrogens is 2. The molecule has 2 bridgehead atoms. The van der Waals surface area contributed by atoms with E-state index in [2.05, 4.69) is 27.3 Å². The number of piperidine rings is 1. The predicted molar refractivity (Wildman–Crippen MR) is 68.2 cm³/mol. The molecule has 5 heteroatoms. The van der Waals surface area contributed by atoms with Crippen LogP contribution in [0, 0.1) is 0 Å². The minimum absolute atomic E-state index is 0.729. The van der Waals surface area contributed by atoms with Crippen molar-refractivity contribution in [1.29, 1.82) is 0 Å². The van der Waals surface area contributed by atoms with Crippen molar-refractivity contribution in [3.63, 3.8) is 0 Å². The number of nitrogens with zero attached hydrogens (tertiary/aromatic N) is 3. The summed E-state index contributed by atoms with van der Waals surface area (Å²) < 4.78 is 5.08. The lowest BCUT2D eigenvalue weighted by molar-refractivity contribution is 0.116. The highest BCUT2D eigenvalue weighted by Gasteiger charge is 2.39. The zero-order chi connectivity index (χ0) is 12.4. The summed E-state index contributed by atoms with van der Waals surface area (Å²) in [5, 5.41) is 7.27. The molecule has 2 saturated heterocycles. The first-order valence-corrected chi connectivity index (χ1v) is 7.11. The summed E-state index contributed by atoms with van der Waals surface area (Å²) in [5.41, 5.74) is 0. The molecule has 0 aromatic carbocycles. The van der Waals surface area contributed by atoms with E-state index in [4.69, 9.17) is 4.52 Å². The monoisotopic (exact) mass is 250 g/mol. The van der Waals surface area contributed by atoms with Crippen LogP contribution in [0.25, 0.3) is 0 Å². The Bertz CT molecular complexity index is 353. The van der Waals surface area contributed by atoms with Crippen molar-refractivity contribution < 1.29 is 4.52 Å². The molecule has 0 spiro atoms. The summed E-state index contributed by atoms with van der Waals surface area (Å²) in [5.74, 6) is 0.767. The maximum atomic E-state index is 5.08. The lowest BCUT2D eigenvalue weighted by Crippen LogP contribution is -2.49. The van der Waals surface area contributed by atoms with Gasteiger partial charge >= 0.3 is 0 Å². The van der Waals surface area contributed by atoms with Crippen molar-refractivity contribution in [2.45, 2.75) is 57.2 Å². The van der Waals surface area contributed by atoms with E-state index < -0.39 is 0 Å². The molecule has 0 radical (unpaired) electrons. The van der Waals surface area contributed by atoms with Gasteiger partial charge in [0.25, 0.3) is 0 Å². The highest BCUT2D eigenvalue weighted by Crippen LogP contribution is 2.35. The van der Waals surface area contributed by atoms with Crippen molar-refractivity contribution in [3.05, 3.63) is 12.2 Å². The number of hydrogen-bond acceptors (Lipinski definition) is 5. The molecule has 2 unspecified atom stereocenters. The topological polar surface area (TPSA) is 54.2 Å². The van der Waals surface area contributed by atoms with Crippen LogP contribution < -0.4 is 5.32 Å². The van der Waals surface area contributed by atoms with Crippen LogP contribution in [-0.4, -0.2) is 46.3 Å². The molecular weight excluding hydrogens is 228 g/mol. The molecular formula is C13H22N4O. The van der Waals surface area contributed by atoms with Crippen molar-refractivity contribution in [3.8, 4) is 0 Å². The van der Waals surface area contributed by atoms with Gasteiger partial charge in [0, 0.05) is 31.1 Å². The SMILES string of the molecule is CCNC1CC2CCC(C1)N2CCc1ncno1. The van der Waals surface area contributed by atoms with Gasteiger partial charge in [0.15, 0.2) is 6.33 Å². The number of nitrogens with one attached hydrogen (secondary N) is 1. The van der Waals surface area contributed by atoms with Crippen LogP contribution in [0.3, 0.4) is 0 Å². The first-order chi connectivity index (χ1) is 8.86. The van der Waals surface area contributed by atoms with E-state index in [0.717, 1.165) is 43.5 Å². The molecule has 0 saturated carbocycles. The number of rotatable bonds is 5. The Morgan fingerprint density at radius 1 is 1.39 bits per heavy atom. The first-order valence-electron chi connectivity index (χ1n) is 7.11. The normalized spacial score (nSPS) is 31.9. The van der Waals surface area contributed by atoms with Crippen molar-refractivity contribution >= 4 is 0 Å². The zero-order valence-electron chi connectivity index (χ0n) is 11.0. The predicted octanol–water partition coefficient (Wildman–Crippen LogP) is 1.22. The summed E-state index contributed by atoms with van der Waals surface area (Å²) in [6, 6.07) is 2.25. The van der Waals surface area contributed by atoms with Crippen LogP contribution in [0.5, 0.6) is 0 Å². The third-order valence-electron chi connectivity index (χ3n) is 4.37. The van der Waals surface area contributed by atoms with Gasteiger partial charge in [-0.25, -0.2) is 0 Å². The molecule has 5 nitrogen and oxygen atoms in total. The molecule has 1 aromatic rings. The Morgan fingerprint density at radius 3 is 2.78 bits per heavy atom. The van der Waals surface area contributed by atoms with Crippen LogP contribution >= 0.6 is 0 Å². The third-order valence-corrected chi connectivity index (χ3v) is 4.37. The molecule has 18 heavy (non-hydrogen) atoms. The minimum atomic E-state index is 0.729. The quantitative estimate of drug-likeness (QED) is 0.851. The summed E-state index contributed by atoms with van der Waals surface area (Å²) in [6.45, 7) is 4.35. The van der Waals surface area contributed by atoms with Gasteiger partial charge in [0.2, 0.25) is 5.89 Å². The van der Waals surface area contributed by atoms with Crippen LogP contribution in [0.4, 0.5) is 0 Å². The molecule has 100 valence electrons. The fourth-order valence-corrected chi connectivity index (χ4v) is 3.63. The Kier molecular flexibility index (Phi) is 3.61. The molecule has 0 aliphatic carbocycles. The van der Waals surface area contributed by atoms with Crippen molar-refractivity contribution in [2.24, 2.45) is 0 Å². The first kappa shape index (κ1) is 12.1. The maximum Gasteiger partial charge on any atom is 0.227 e. The highest BCUT2D eigenvalue weighted by molar-refractivity contribution is 4.98. The second-order valence-electron chi connectivity index (χ2n) is 5.43. The van der Waals surface area contributed by atoms with Crippen LogP contribution in [0.15, 0.2) is 10.9 Å². The Morgan fingerprint density at radius 2 is 2.17 bits per heavy atom. The molecule has 0 amide bonds. The van der Waals surface area contributed by atoms with Crippen LogP contribution in [0.2, 0.25) is 0 Å². The zero-order valence-corrected chi connectivity index (χ0v) is 11.0. The molecule has 2 fully saturated rings. The van der Waals surface area contributed by atoms with Crippen LogP contribution in [0.1, 0.15) is 38.5 Å². The van der Waals surface area contributed by atoms with Crippen LogP contribution in [-0.2, 0) is 6.42 Å². The molecule has 1 aromatic heterocycles. The van der Waals surface area contributed by atoms with Gasteiger partial charge in [-0.3, -0.25) is 4.90 Å². The molecule has 3 rings (SSSR count). The maximum absolute atomic E-state index is 5.08. The van der Waals surface area contributed by atoms with Gasteiger partial charge in [-0.1, -0.05) is 12.1 Å². The van der Waals surface area contributed by atoms with Crippen molar-refractivity contribution in [1.82, 2.24) is 20.4 Å². The number of hydrogen-bond donors (Lipinski definition) is 1. The largest absolute Gasteiger partial charge is 0.340 e. The average molecular weight is 250 g/mol.